The summed E-state index contributed by atoms with van der Waals surface area (Å²) in [6, 6.07) is 12.6. The Balaban J connectivity index is 1.71. The highest BCUT2D eigenvalue weighted by atomic mass is 19.4. The summed E-state index contributed by atoms with van der Waals surface area (Å²) in [5.74, 6) is 0.140. The Morgan fingerprint density at radius 3 is 2.74 bits per heavy atom. The Morgan fingerprint density at radius 1 is 1.07 bits per heavy atom. The number of rotatable bonds is 3. The van der Waals surface area contributed by atoms with Crippen LogP contribution in [-0.2, 0) is 12.6 Å². The van der Waals surface area contributed by atoms with Gasteiger partial charge in [0, 0.05) is 24.4 Å². The molecule has 3 aromatic heterocycles. The molecule has 4 aromatic rings. The Kier molecular flexibility index (Phi) is 4.14. The minimum atomic E-state index is -4.48. The molecule has 0 spiro atoms. The normalized spacial score (nSPS) is 11.9. The Labute approximate surface area is 153 Å². The van der Waals surface area contributed by atoms with Crippen LogP contribution in [0, 0.1) is 6.92 Å². The minimum Gasteiger partial charge on any atom is -0.241 e. The van der Waals surface area contributed by atoms with E-state index in [1.807, 2.05) is 49.5 Å². The summed E-state index contributed by atoms with van der Waals surface area (Å²) in [7, 11) is 0. The Bertz CT molecular complexity index is 1120. The molecule has 0 unspecified atom stereocenters. The topological polar surface area (TPSA) is 43.1 Å². The average molecular weight is 368 g/mol. The van der Waals surface area contributed by atoms with Gasteiger partial charge in [0.15, 0.2) is 0 Å². The lowest BCUT2D eigenvalue weighted by Gasteiger charge is -2.09. The monoisotopic (exact) mass is 368 g/mol. The van der Waals surface area contributed by atoms with E-state index in [2.05, 4.69) is 15.1 Å². The second-order valence-electron chi connectivity index (χ2n) is 6.33. The lowest BCUT2D eigenvalue weighted by atomic mass is 9.99. The van der Waals surface area contributed by atoms with Gasteiger partial charge in [-0.3, -0.25) is 0 Å². The highest BCUT2D eigenvalue weighted by Crippen LogP contribution is 2.29. The molecule has 0 atom stereocenters. The molecular weight excluding hydrogens is 353 g/mol. The molecule has 0 aliphatic rings. The summed E-state index contributed by atoms with van der Waals surface area (Å²) in [4.78, 5) is 7.65. The van der Waals surface area contributed by atoms with E-state index in [1.54, 1.807) is 10.7 Å². The van der Waals surface area contributed by atoms with Crippen molar-refractivity contribution in [3.05, 3.63) is 83.7 Å². The van der Waals surface area contributed by atoms with Crippen molar-refractivity contribution < 1.29 is 13.2 Å². The second kappa shape index (κ2) is 6.50. The first-order chi connectivity index (χ1) is 12.9. The third-order valence-electron chi connectivity index (χ3n) is 4.23. The summed E-state index contributed by atoms with van der Waals surface area (Å²) in [5, 5.41) is 4.34. The number of halogens is 3. The van der Waals surface area contributed by atoms with Gasteiger partial charge in [0.2, 0.25) is 0 Å². The van der Waals surface area contributed by atoms with Gasteiger partial charge in [0.1, 0.15) is 11.5 Å². The molecule has 0 bridgehead atoms. The Morgan fingerprint density at radius 2 is 1.93 bits per heavy atom. The molecule has 4 rings (SSSR count). The van der Waals surface area contributed by atoms with Crippen molar-refractivity contribution in [1.29, 1.82) is 0 Å². The van der Waals surface area contributed by atoms with Crippen LogP contribution in [0.3, 0.4) is 0 Å². The van der Waals surface area contributed by atoms with Crippen LogP contribution < -0.4 is 0 Å². The quantitative estimate of drug-likeness (QED) is 0.526. The van der Waals surface area contributed by atoms with Gasteiger partial charge in [-0.25, -0.2) is 14.5 Å². The fraction of sp³-hybridized carbons (Fsp3) is 0.150. The number of pyridine rings is 1. The number of fused-ring (bicyclic) bond motifs is 1. The van der Waals surface area contributed by atoms with Gasteiger partial charge in [-0.15, -0.1) is 0 Å². The maximum Gasteiger partial charge on any atom is 0.433 e. The average Bonchev–Trinajstić information content (AvgIpc) is 3.05. The lowest BCUT2D eigenvalue weighted by molar-refractivity contribution is -0.141. The fourth-order valence-corrected chi connectivity index (χ4v) is 3.10. The molecule has 0 saturated heterocycles. The zero-order chi connectivity index (χ0) is 19.0. The Hall–Kier alpha value is -3.22. The van der Waals surface area contributed by atoms with E-state index >= 15 is 0 Å². The van der Waals surface area contributed by atoms with Crippen LogP contribution in [0.25, 0.3) is 16.6 Å². The van der Waals surface area contributed by atoms with Crippen LogP contribution in [0.5, 0.6) is 0 Å². The first-order valence-corrected chi connectivity index (χ1v) is 8.32. The standard InChI is InChI=1S/C20H15F3N4/c1-13-8-14(11-19-24-6-5-18(26-19)20(21,22)23)10-15(9-13)16-12-25-27-7-3-2-4-17(16)27/h2-10,12H,11H2,1H3. The predicted octanol–water partition coefficient (Wildman–Crippen LogP) is 4.71. The first kappa shape index (κ1) is 17.2. The van der Waals surface area contributed by atoms with E-state index in [-0.39, 0.29) is 12.2 Å². The highest BCUT2D eigenvalue weighted by Gasteiger charge is 2.32. The zero-order valence-electron chi connectivity index (χ0n) is 14.4. The van der Waals surface area contributed by atoms with E-state index in [4.69, 9.17) is 0 Å². The van der Waals surface area contributed by atoms with Gasteiger partial charge in [-0.1, -0.05) is 29.8 Å². The molecule has 7 heteroatoms. The van der Waals surface area contributed by atoms with Crippen molar-refractivity contribution in [3.63, 3.8) is 0 Å². The van der Waals surface area contributed by atoms with Crippen molar-refractivity contribution in [2.45, 2.75) is 19.5 Å². The smallest absolute Gasteiger partial charge is 0.241 e. The molecular formula is C20H15F3N4. The molecule has 4 nitrogen and oxygen atoms in total. The van der Waals surface area contributed by atoms with E-state index in [1.165, 1.54) is 0 Å². The maximum absolute atomic E-state index is 12.9. The molecule has 0 fully saturated rings. The van der Waals surface area contributed by atoms with Crippen molar-refractivity contribution in [3.8, 4) is 11.1 Å². The van der Waals surface area contributed by atoms with Gasteiger partial charge in [-0.05, 0) is 36.2 Å². The molecule has 136 valence electrons. The largest absolute Gasteiger partial charge is 0.433 e. The zero-order valence-corrected chi connectivity index (χ0v) is 14.4. The molecule has 1 aromatic carbocycles. The minimum absolute atomic E-state index is 0.140. The second-order valence-corrected chi connectivity index (χ2v) is 6.33. The van der Waals surface area contributed by atoms with Gasteiger partial charge in [-0.2, -0.15) is 18.3 Å². The number of aryl methyl sites for hydroxylation is 1. The van der Waals surface area contributed by atoms with E-state index in [0.717, 1.165) is 40.0 Å². The van der Waals surface area contributed by atoms with Crippen LogP contribution in [0.2, 0.25) is 0 Å². The molecule has 0 saturated carbocycles. The van der Waals surface area contributed by atoms with Gasteiger partial charge < -0.3 is 0 Å². The number of alkyl halides is 3. The van der Waals surface area contributed by atoms with Crippen molar-refractivity contribution >= 4 is 5.52 Å². The molecule has 0 radical (unpaired) electrons. The van der Waals surface area contributed by atoms with Crippen LogP contribution >= 0.6 is 0 Å². The van der Waals surface area contributed by atoms with Crippen LogP contribution in [-0.4, -0.2) is 19.6 Å². The van der Waals surface area contributed by atoms with Crippen molar-refractivity contribution in [1.82, 2.24) is 19.6 Å². The molecule has 0 aliphatic carbocycles. The summed E-state index contributed by atoms with van der Waals surface area (Å²) in [5.41, 5.74) is 3.81. The number of hydrogen-bond donors (Lipinski definition) is 0. The number of benzene rings is 1. The van der Waals surface area contributed by atoms with Gasteiger partial charge >= 0.3 is 6.18 Å². The summed E-state index contributed by atoms with van der Waals surface area (Å²) < 4.78 is 40.4. The first-order valence-electron chi connectivity index (χ1n) is 8.32. The van der Waals surface area contributed by atoms with Crippen molar-refractivity contribution in [2.24, 2.45) is 0 Å². The number of aromatic nitrogens is 4. The number of nitrogens with zero attached hydrogens (tertiary/aromatic N) is 4. The van der Waals surface area contributed by atoms with Crippen LogP contribution in [0.4, 0.5) is 13.2 Å². The third-order valence-corrected chi connectivity index (χ3v) is 4.23. The third kappa shape index (κ3) is 3.53. The van der Waals surface area contributed by atoms with Gasteiger partial charge in [0.05, 0.1) is 11.7 Å². The molecule has 27 heavy (non-hydrogen) atoms. The van der Waals surface area contributed by atoms with Crippen LogP contribution in [0.1, 0.15) is 22.6 Å². The molecule has 3 heterocycles. The lowest BCUT2D eigenvalue weighted by Crippen LogP contribution is -2.10. The summed E-state index contributed by atoms with van der Waals surface area (Å²) in [6.45, 7) is 1.95. The summed E-state index contributed by atoms with van der Waals surface area (Å²) >= 11 is 0. The van der Waals surface area contributed by atoms with E-state index in [0.29, 0.717) is 0 Å². The molecule has 0 aliphatic heterocycles. The maximum atomic E-state index is 12.9. The van der Waals surface area contributed by atoms with Crippen molar-refractivity contribution in [2.75, 3.05) is 0 Å². The van der Waals surface area contributed by atoms with Gasteiger partial charge in [0.25, 0.3) is 0 Å². The highest BCUT2D eigenvalue weighted by molar-refractivity contribution is 5.80. The van der Waals surface area contributed by atoms with E-state index in [9.17, 15) is 13.2 Å². The van der Waals surface area contributed by atoms with E-state index < -0.39 is 11.9 Å². The number of hydrogen-bond acceptors (Lipinski definition) is 3. The predicted molar refractivity (Wildman–Crippen MR) is 95.2 cm³/mol. The summed E-state index contributed by atoms with van der Waals surface area (Å²) in [6.07, 6.45) is 0.540. The van der Waals surface area contributed by atoms with Crippen LogP contribution in [0.15, 0.2) is 61.1 Å². The molecule has 0 N–H and O–H groups in total. The molecule has 0 amide bonds. The fourth-order valence-electron chi connectivity index (χ4n) is 3.10. The SMILES string of the molecule is Cc1cc(Cc2nccc(C(F)(F)F)n2)cc(-c2cnn3ccccc23)c1.